The standard InChI is InChI=1S/C61H65FN8O8S/c1-36-40(41-22-24-52(64-54(41)59(76)78-61(2,3)4)69-28-26-38-12-9-14-42(45(38)35-69)55(72)66-60-63-47-15-5-6-17-51(47)79-60)13-10-16-50(36)77-39-20-18-37(19-21-39)11-7-8-27-67-29-31-68(32-30-67)49-34-44-43(33-46(49)62)57(74)70(58(44)75)48-23-25-53(71)65-56(48)73/h5-6,9-10,12-17,22,24,33-34,37,39,48H,7-8,11,18-21,23,25-32,35H2,1-4H3,(H,63,66,72)(H,65,71,73). The minimum absolute atomic E-state index is 0.0146. The number of halogens is 1. The second kappa shape index (κ2) is 22.3. The second-order valence-electron chi connectivity index (χ2n) is 22.4. The van der Waals surface area contributed by atoms with E-state index in [2.05, 4.69) is 31.5 Å². The highest BCUT2D eigenvalue weighted by molar-refractivity contribution is 7.22. The summed E-state index contributed by atoms with van der Waals surface area (Å²) in [5.74, 6) is -1.82. The number of thiazole rings is 1. The molecule has 3 fully saturated rings. The fraction of sp³-hybridized carbons (Fsp3) is 0.410. The Labute approximate surface area is 462 Å². The molecule has 18 heteroatoms. The smallest absolute Gasteiger partial charge is 0.358 e. The van der Waals surface area contributed by atoms with Gasteiger partial charge in [-0.3, -0.25) is 44.4 Å². The number of pyridine rings is 1. The number of carbonyl (C=O) groups excluding carboxylic acids is 6. The van der Waals surface area contributed by atoms with Crippen molar-refractivity contribution < 1.29 is 42.6 Å². The maximum absolute atomic E-state index is 15.5. The maximum atomic E-state index is 15.5. The van der Waals surface area contributed by atoms with Gasteiger partial charge in [-0.05, 0) is 156 Å². The van der Waals surface area contributed by atoms with E-state index >= 15 is 4.39 Å². The highest BCUT2D eigenvalue weighted by Crippen LogP contribution is 2.39. The highest BCUT2D eigenvalue weighted by atomic mass is 32.1. The Morgan fingerprint density at radius 2 is 1.54 bits per heavy atom. The lowest BCUT2D eigenvalue weighted by Crippen LogP contribution is -2.54. The third-order valence-electron chi connectivity index (χ3n) is 16.0. The Kier molecular flexibility index (Phi) is 15.1. The van der Waals surface area contributed by atoms with Gasteiger partial charge in [0, 0.05) is 56.8 Å². The van der Waals surface area contributed by atoms with Crippen molar-refractivity contribution in [2.45, 2.75) is 116 Å². The molecular formula is C61H65FN8O8S. The molecule has 6 aromatic rings. The van der Waals surface area contributed by atoms with E-state index in [0.29, 0.717) is 60.6 Å². The normalized spacial score (nSPS) is 19.8. The molecule has 5 aliphatic rings. The van der Waals surface area contributed by atoms with Gasteiger partial charge >= 0.3 is 5.97 Å². The number of nitrogens with zero attached hydrogens (tertiary/aromatic N) is 6. The number of hydrogen-bond donors (Lipinski definition) is 2. The van der Waals surface area contributed by atoms with Gasteiger partial charge in [0.25, 0.3) is 17.7 Å². The molecule has 0 radical (unpaired) electrons. The van der Waals surface area contributed by atoms with Crippen molar-refractivity contribution in [2.24, 2.45) is 5.92 Å². The number of carbonyl (C=O) groups is 6. The first-order valence-corrected chi connectivity index (χ1v) is 28.4. The summed E-state index contributed by atoms with van der Waals surface area (Å²) >= 11 is 1.44. The second-order valence-corrected chi connectivity index (χ2v) is 23.5. The zero-order chi connectivity index (χ0) is 55.1. The van der Waals surface area contributed by atoms with Crippen LogP contribution in [-0.2, 0) is 27.3 Å². The van der Waals surface area contributed by atoms with Gasteiger partial charge in [0.1, 0.15) is 29.0 Å². The van der Waals surface area contributed by atoms with Crippen LogP contribution in [0.5, 0.6) is 5.75 Å². The monoisotopic (exact) mass is 1090 g/mol. The Hall–Kier alpha value is -7.57. The van der Waals surface area contributed by atoms with Crippen LogP contribution in [0.2, 0.25) is 0 Å². The number of esters is 1. The molecule has 2 saturated heterocycles. The molecule has 79 heavy (non-hydrogen) atoms. The van der Waals surface area contributed by atoms with E-state index in [1.54, 1.807) is 0 Å². The molecule has 4 aliphatic heterocycles. The van der Waals surface area contributed by atoms with Gasteiger partial charge in [0.15, 0.2) is 10.8 Å². The molecular weight excluding hydrogens is 1020 g/mol. The van der Waals surface area contributed by atoms with Gasteiger partial charge in [-0.25, -0.2) is 19.2 Å². The number of nitrogens with one attached hydrogen (secondary N) is 2. The zero-order valence-electron chi connectivity index (χ0n) is 45.1. The van der Waals surface area contributed by atoms with Crippen LogP contribution in [0, 0.1) is 18.7 Å². The summed E-state index contributed by atoms with van der Waals surface area (Å²) in [6.07, 6.45) is 8.20. The fourth-order valence-corrected chi connectivity index (χ4v) is 12.7. The van der Waals surface area contributed by atoms with Gasteiger partial charge in [-0.15, -0.1) is 0 Å². The molecule has 2 N–H and O–H groups in total. The quantitative estimate of drug-likeness (QED) is 0.0598. The van der Waals surface area contributed by atoms with Crippen LogP contribution in [-0.4, -0.2) is 112 Å². The van der Waals surface area contributed by atoms with E-state index in [9.17, 15) is 28.8 Å². The molecule has 5 amide bonds. The number of piperazine rings is 1. The topological polar surface area (TPSA) is 184 Å². The van der Waals surface area contributed by atoms with Crippen LogP contribution < -0.4 is 25.2 Å². The lowest BCUT2D eigenvalue weighted by atomic mass is 9.84. The number of aromatic nitrogens is 2. The first-order valence-electron chi connectivity index (χ1n) is 27.6. The molecule has 1 aliphatic carbocycles. The predicted molar refractivity (Wildman–Crippen MR) is 300 cm³/mol. The molecule has 0 bridgehead atoms. The number of unbranched alkanes of at least 4 members (excludes halogenated alkanes) is 1. The molecule has 1 unspecified atom stereocenters. The lowest BCUT2D eigenvalue weighted by Gasteiger charge is -2.36. The Morgan fingerprint density at radius 3 is 2.30 bits per heavy atom. The molecule has 1 atom stereocenters. The number of anilines is 3. The zero-order valence-corrected chi connectivity index (χ0v) is 45.9. The number of piperidine rings is 1. The third-order valence-corrected chi connectivity index (χ3v) is 17.0. The summed E-state index contributed by atoms with van der Waals surface area (Å²) in [7, 11) is 0. The molecule has 0 spiro atoms. The van der Waals surface area contributed by atoms with E-state index < -0.39 is 47.1 Å². The largest absolute Gasteiger partial charge is 0.490 e. The maximum Gasteiger partial charge on any atom is 0.358 e. The van der Waals surface area contributed by atoms with Crippen molar-refractivity contribution in [3.63, 3.8) is 0 Å². The van der Waals surface area contributed by atoms with E-state index in [-0.39, 0.29) is 47.4 Å². The minimum Gasteiger partial charge on any atom is -0.490 e. The molecule has 1 saturated carbocycles. The van der Waals surface area contributed by atoms with Crippen molar-refractivity contribution in [1.29, 1.82) is 0 Å². The lowest BCUT2D eigenvalue weighted by molar-refractivity contribution is -0.136. The van der Waals surface area contributed by atoms with E-state index in [1.807, 2.05) is 99.3 Å². The van der Waals surface area contributed by atoms with Gasteiger partial charge in [-0.2, -0.15) is 0 Å². The molecule has 16 nitrogen and oxygen atoms in total. The predicted octanol–water partition coefficient (Wildman–Crippen LogP) is 9.91. The van der Waals surface area contributed by atoms with Crippen LogP contribution in [0.25, 0.3) is 21.3 Å². The van der Waals surface area contributed by atoms with Gasteiger partial charge in [-0.1, -0.05) is 60.6 Å². The molecule has 2 aromatic heterocycles. The van der Waals surface area contributed by atoms with Crippen LogP contribution in [0.1, 0.15) is 137 Å². The van der Waals surface area contributed by atoms with Crippen molar-refractivity contribution in [2.75, 3.05) is 54.4 Å². The van der Waals surface area contributed by atoms with Crippen molar-refractivity contribution in [3.05, 3.63) is 130 Å². The number of hydrogen-bond acceptors (Lipinski definition) is 14. The van der Waals surface area contributed by atoms with Crippen LogP contribution in [0.15, 0.2) is 84.9 Å². The average molecular weight is 1090 g/mol. The van der Waals surface area contributed by atoms with Crippen molar-refractivity contribution in [3.8, 4) is 16.9 Å². The summed E-state index contributed by atoms with van der Waals surface area (Å²) in [6, 6.07) is 24.9. The highest BCUT2D eigenvalue weighted by Gasteiger charge is 2.45. The van der Waals surface area contributed by atoms with Crippen molar-refractivity contribution >= 4 is 73.7 Å². The first-order chi connectivity index (χ1) is 38.0. The average Bonchev–Trinajstić information content (AvgIpc) is 4.15. The van der Waals surface area contributed by atoms with Gasteiger partial charge in [0.05, 0.1) is 33.1 Å². The van der Waals surface area contributed by atoms with E-state index in [1.165, 1.54) is 17.4 Å². The Morgan fingerprint density at radius 1 is 0.785 bits per heavy atom. The molecule has 4 aromatic carbocycles. The summed E-state index contributed by atoms with van der Waals surface area (Å²) in [4.78, 5) is 95.6. The van der Waals surface area contributed by atoms with Crippen LogP contribution in [0.3, 0.4) is 0 Å². The Bertz CT molecular complexity index is 3360. The third kappa shape index (κ3) is 11.4. The summed E-state index contributed by atoms with van der Waals surface area (Å²) in [5.41, 5.74) is 5.59. The summed E-state index contributed by atoms with van der Waals surface area (Å²) in [5, 5.41) is 5.77. The van der Waals surface area contributed by atoms with Gasteiger partial charge < -0.3 is 19.3 Å². The minimum atomic E-state index is -1.10. The number of ether oxygens (including phenoxy) is 2. The molecule has 410 valence electrons. The number of fused-ring (bicyclic) bond motifs is 3. The number of rotatable bonds is 14. The SMILES string of the molecule is Cc1c(OC2CCC(CCCCN3CCN(c4cc5c(cc4F)C(=O)N(C4CCC(=O)NC4=O)C5=O)CC3)CC2)cccc1-c1ccc(N2CCc3cccc(C(=O)Nc4nc5ccccc5s4)c3C2)nc1C(=O)OC(C)(C)C. The van der Waals surface area contributed by atoms with Crippen LogP contribution >= 0.6 is 11.3 Å². The number of para-hydroxylation sites is 1. The van der Waals surface area contributed by atoms with E-state index in [0.717, 1.165) is 114 Å². The number of benzene rings is 4. The Balaban J connectivity index is 0.674. The number of amides is 5. The fourth-order valence-electron chi connectivity index (χ4n) is 11.9. The van der Waals surface area contributed by atoms with Crippen LogP contribution in [0.4, 0.5) is 21.0 Å². The molecule has 6 heterocycles. The summed E-state index contributed by atoms with van der Waals surface area (Å²) in [6.45, 7) is 12.2. The van der Waals surface area contributed by atoms with Gasteiger partial charge in [0.2, 0.25) is 11.8 Å². The summed E-state index contributed by atoms with van der Waals surface area (Å²) < 4.78 is 29.3. The first kappa shape index (κ1) is 53.4. The molecule has 11 rings (SSSR count). The van der Waals surface area contributed by atoms with Crippen molar-refractivity contribution in [1.82, 2.24) is 25.1 Å². The number of imide groups is 2. The van der Waals surface area contributed by atoms with E-state index in [4.69, 9.17) is 14.5 Å².